The number of hydrogen-bond acceptors (Lipinski definition) is 6. The van der Waals surface area contributed by atoms with Crippen LogP contribution in [0.5, 0.6) is 0 Å². The van der Waals surface area contributed by atoms with Crippen LogP contribution in [-0.4, -0.2) is 70.1 Å². The van der Waals surface area contributed by atoms with Crippen molar-refractivity contribution >= 4 is 46.8 Å². The summed E-state index contributed by atoms with van der Waals surface area (Å²) in [6, 6.07) is 6.45. The van der Waals surface area contributed by atoms with Crippen LogP contribution in [-0.2, 0) is 19.1 Å². The standard InChI is InChI=1S/C27H31ClN2O5S/c28-18-10-4-5-11-19(18)29-15-9-13-27-22(21-20(36-27)12-3-1-8-17-35-26(21)34)24(32)30(23(27)25(29)33)14-6-2-7-16-31/h3-5,9-13,20-23,31H,1-2,6-8,14-17H2/b12-3-/t20-,21+,22+,23?,27+/m1/s1. The number of aliphatic hydroxyl groups excluding tert-OH is 1. The average Bonchev–Trinajstić information content (AvgIpc) is 3.27. The van der Waals surface area contributed by atoms with Crippen LogP contribution in [0.15, 0.2) is 48.6 Å². The quantitative estimate of drug-likeness (QED) is 0.343. The molecule has 2 fully saturated rings. The van der Waals surface area contributed by atoms with Gasteiger partial charge in [0.15, 0.2) is 0 Å². The number of esters is 1. The molecule has 0 saturated carbocycles. The van der Waals surface area contributed by atoms with Gasteiger partial charge in [0.1, 0.15) is 6.04 Å². The zero-order valence-electron chi connectivity index (χ0n) is 20.1. The fourth-order valence-corrected chi connectivity index (χ4v) is 8.19. The number of likely N-dealkylation sites (tertiary alicyclic amines) is 1. The Labute approximate surface area is 220 Å². The number of benzene rings is 1. The molecule has 4 aliphatic rings. The molecule has 36 heavy (non-hydrogen) atoms. The van der Waals surface area contributed by atoms with Crippen LogP contribution in [0.3, 0.4) is 0 Å². The summed E-state index contributed by atoms with van der Waals surface area (Å²) < 4.78 is 4.72. The third-order valence-corrected chi connectivity index (χ3v) is 9.62. The number of unbranched alkanes of at least 4 members (excludes halogenated alkanes) is 2. The van der Waals surface area contributed by atoms with E-state index in [1.165, 1.54) is 0 Å². The molecule has 1 unspecified atom stereocenters. The van der Waals surface area contributed by atoms with Gasteiger partial charge in [-0.05, 0) is 44.2 Å². The Morgan fingerprint density at radius 3 is 2.75 bits per heavy atom. The number of ether oxygens (including phenoxy) is 1. The lowest BCUT2D eigenvalue weighted by molar-refractivity contribution is -0.153. The molecular weight excluding hydrogens is 500 g/mol. The second-order valence-corrected chi connectivity index (χ2v) is 11.6. The third-order valence-electron chi connectivity index (χ3n) is 7.55. The molecule has 4 heterocycles. The van der Waals surface area contributed by atoms with Crippen LogP contribution in [0.2, 0.25) is 5.02 Å². The van der Waals surface area contributed by atoms with Crippen molar-refractivity contribution < 1.29 is 24.2 Å². The van der Waals surface area contributed by atoms with Gasteiger partial charge in [0.25, 0.3) is 5.91 Å². The zero-order chi connectivity index (χ0) is 25.3. The first kappa shape index (κ1) is 25.4. The molecular formula is C27H31ClN2O5S. The lowest BCUT2D eigenvalue weighted by Gasteiger charge is -2.35. The van der Waals surface area contributed by atoms with Crippen molar-refractivity contribution in [2.45, 2.75) is 48.1 Å². The van der Waals surface area contributed by atoms with E-state index in [1.54, 1.807) is 27.6 Å². The van der Waals surface area contributed by atoms with Crippen LogP contribution < -0.4 is 4.90 Å². The highest BCUT2D eigenvalue weighted by Crippen LogP contribution is 2.61. The first-order valence-electron chi connectivity index (χ1n) is 12.7. The Morgan fingerprint density at radius 1 is 1.11 bits per heavy atom. The molecule has 0 bridgehead atoms. The Balaban J connectivity index is 1.57. The molecule has 9 heteroatoms. The monoisotopic (exact) mass is 530 g/mol. The van der Waals surface area contributed by atoms with Gasteiger partial charge in [0.05, 0.1) is 33.9 Å². The minimum absolute atomic E-state index is 0.0870. The van der Waals surface area contributed by atoms with E-state index in [0.29, 0.717) is 43.2 Å². The van der Waals surface area contributed by atoms with Crippen LogP contribution in [0.1, 0.15) is 32.1 Å². The Hall–Kier alpha value is -2.29. The number of nitrogens with zero attached hydrogens (tertiary/aromatic N) is 2. The summed E-state index contributed by atoms with van der Waals surface area (Å²) in [5.74, 6) is -2.05. The Morgan fingerprint density at radius 2 is 1.94 bits per heavy atom. The fourth-order valence-electron chi connectivity index (χ4n) is 5.95. The van der Waals surface area contributed by atoms with E-state index in [9.17, 15) is 19.5 Å². The number of hydrogen-bond donors (Lipinski definition) is 1. The van der Waals surface area contributed by atoms with Crippen LogP contribution >= 0.6 is 23.4 Å². The number of allylic oxidation sites excluding steroid dienone is 1. The lowest BCUT2D eigenvalue weighted by atomic mass is 9.78. The van der Waals surface area contributed by atoms with Gasteiger partial charge in [-0.15, -0.1) is 11.8 Å². The molecule has 2 amide bonds. The zero-order valence-corrected chi connectivity index (χ0v) is 21.6. The van der Waals surface area contributed by atoms with Gasteiger partial charge >= 0.3 is 5.97 Å². The summed E-state index contributed by atoms with van der Waals surface area (Å²) in [4.78, 5) is 44.9. The summed E-state index contributed by atoms with van der Waals surface area (Å²) >= 11 is 8.03. The first-order chi connectivity index (χ1) is 17.5. The molecule has 1 spiro atoms. The third kappa shape index (κ3) is 4.27. The van der Waals surface area contributed by atoms with Gasteiger partial charge in [0, 0.05) is 24.9 Å². The molecule has 5 atom stereocenters. The average molecular weight is 531 g/mol. The maximum atomic E-state index is 14.3. The van der Waals surface area contributed by atoms with Crippen molar-refractivity contribution in [1.82, 2.24) is 4.90 Å². The maximum Gasteiger partial charge on any atom is 0.311 e. The molecule has 192 valence electrons. The number of carbonyl (C=O) groups excluding carboxylic acids is 3. The maximum absolute atomic E-state index is 14.3. The molecule has 5 rings (SSSR count). The number of halogens is 1. The number of carbonyl (C=O) groups is 3. The second-order valence-electron chi connectivity index (χ2n) is 9.70. The summed E-state index contributed by atoms with van der Waals surface area (Å²) in [5, 5.41) is 9.42. The van der Waals surface area contributed by atoms with Crippen molar-refractivity contribution in [2.24, 2.45) is 11.8 Å². The minimum Gasteiger partial charge on any atom is -0.465 e. The van der Waals surface area contributed by atoms with E-state index >= 15 is 0 Å². The van der Waals surface area contributed by atoms with E-state index in [2.05, 4.69) is 6.08 Å². The van der Waals surface area contributed by atoms with Crippen molar-refractivity contribution in [3.63, 3.8) is 0 Å². The van der Waals surface area contributed by atoms with Gasteiger partial charge in [-0.3, -0.25) is 14.4 Å². The smallest absolute Gasteiger partial charge is 0.311 e. The van der Waals surface area contributed by atoms with Gasteiger partial charge in [0.2, 0.25) is 5.91 Å². The molecule has 4 aliphatic heterocycles. The van der Waals surface area contributed by atoms with Gasteiger partial charge in [-0.2, -0.15) is 0 Å². The molecule has 1 aromatic carbocycles. The molecule has 0 aromatic heterocycles. The van der Waals surface area contributed by atoms with Crippen LogP contribution in [0, 0.1) is 11.8 Å². The lowest BCUT2D eigenvalue weighted by Crippen LogP contribution is -2.53. The number of anilines is 1. The van der Waals surface area contributed by atoms with Gasteiger partial charge in [-0.1, -0.05) is 48.0 Å². The topological polar surface area (TPSA) is 87.2 Å². The van der Waals surface area contributed by atoms with Crippen LogP contribution in [0.4, 0.5) is 5.69 Å². The van der Waals surface area contributed by atoms with Crippen molar-refractivity contribution in [1.29, 1.82) is 0 Å². The van der Waals surface area contributed by atoms with Crippen molar-refractivity contribution in [3.8, 4) is 0 Å². The number of rotatable bonds is 6. The normalized spacial score (nSPS) is 32.7. The Kier molecular flexibility index (Phi) is 7.47. The SMILES string of the molecule is O=C1OCCC/C=C\[C@H]2S[C@]34C=CCN(c5ccccc5Cl)C(=O)C3N(CCCCCO)C(=O)[C@@H]4[C@@H]12. The predicted octanol–water partition coefficient (Wildman–Crippen LogP) is 3.60. The van der Waals surface area contributed by atoms with E-state index in [4.69, 9.17) is 16.3 Å². The summed E-state index contributed by atoms with van der Waals surface area (Å²) in [5.41, 5.74) is 0.604. The minimum atomic E-state index is -0.876. The highest BCUT2D eigenvalue weighted by atomic mass is 35.5. The van der Waals surface area contributed by atoms with E-state index in [0.717, 1.165) is 19.3 Å². The molecule has 1 aromatic rings. The summed E-state index contributed by atoms with van der Waals surface area (Å²) in [6.07, 6.45) is 11.6. The highest BCUT2D eigenvalue weighted by Gasteiger charge is 2.70. The molecule has 2 saturated heterocycles. The first-order valence-corrected chi connectivity index (χ1v) is 13.9. The van der Waals surface area contributed by atoms with E-state index in [-0.39, 0.29) is 29.6 Å². The summed E-state index contributed by atoms with van der Waals surface area (Å²) in [6.45, 7) is 1.13. The number of aliphatic hydroxyl groups is 1. The highest BCUT2D eigenvalue weighted by molar-refractivity contribution is 8.02. The number of para-hydroxylation sites is 1. The van der Waals surface area contributed by atoms with Crippen molar-refractivity contribution in [3.05, 3.63) is 53.6 Å². The fraction of sp³-hybridized carbons (Fsp3) is 0.519. The van der Waals surface area contributed by atoms with Crippen molar-refractivity contribution in [2.75, 3.05) is 31.2 Å². The van der Waals surface area contributed by atoms with Gasteiger partial charge < -0.3 is 19.6 Å². The molecule has 0 aliphatic carbocycles. The Bertz CT molecular complexity index is 1090. The largest absolute Gasteiger partial charge is 0.465 e. The summed E-state index contributed by atoms with van der Waals surface area (Å²) in [7, 11) is 0. The number of cyclic esters (lactones) is 1. The van der Waals surface area contributed by atoms with E-state index < -0.39 is 22.6 Å². The van der Waals surface area contributed by atoms with E-state index in [1.807, 2.05) is 36.4 Å². The number of thioether (sulfide) groups is 1. The van der Waals surface area contributed by atoms with Crippen LogP contribution in [0.25, 0.3) is 0 Å². The number of amides is 2. The molecule has 0 radical (unpaired) electrons. The predicted molar refractivity (Wildman–Crippen MR) is 140 cm³/mol. The molecule has 1 N–H and O–H groups in total. The molecule has 7 nitrogen and oxygen atoms in total. The number of fused-ring (bicyclic) bond motifs is 2. The van der Waals surface area contributed by atoms with Gasteiger partial charge in [-0.25, -0.2) is 0 Å². The second kappa shape index (κ2) is 10.6.